The van der Waals surface area contributed by atoms with Crippen LogP contribution in [0.2, 0.25) is 0 Å². The molecule has 0 bridgehead atoms. The van der Waals surface area contributed by atoms with Crippen molar-refractivity contribution < 1.29 is 9.13 Å². The molecule has 1 aliphatic rings. The standard InChI is InChI=1S/C24H25FN6O/c1-14(2)12-29-24-27-9-8-19(31-24)18-11-20(15-4-6-17(25)7-5-15)30-22(18)16-10-21(32-3)23(26)28-13-16/h4-10,13-14H,11-12H2,1-3H3,(H2,26,28)(H,27,29,31). The second-order valence-corrected chi connectivity index (χ2v) is 7.92. The lowest BCUT2D eigenvalue weighted by atomic mass is 10.00. The summed E-state index contributed by atoms with van der Waals surface area (Å²) in [6.45, 7) is 5.02. The molecule has 164 valence electrons. The molecule has 4 rings (SSSR count). The summed E-state index contributed by atoms with van der Waals surface area (Å²) in [7, 11) is 1.55. The van der Waals surface area contributed by atoms with Crippen LogP contribution in [0.1, 0.15) is 37.1 Å². The number of ether oxygens (including phenoxy) is 1. The van der Waals surface area contributed by atoms with Gasteiger partial charge in [-0.05, 0) is 35.7 Å². The van der Waals surface area contributed by atoms with E-state index in [1.165, 1.54) is 12.1 Å². The topological polar surface area (TPSA) is 98.3 Å². The number of hydrogen-bond donors (Lipinski definition) is 2. The van der Waals surface area contributed by atoms with Crippen molar-refractivity contribution in [2.45, 2.75) is 20.3 Å². The molecule has 3 aromatic rings. The minimum absolute atomic E-state index is 0.287. The maximum atomic E-state index is 13.4. The van der Waals surface area contributed by atoms with Crippen LogP contribution in [0.15, 0.2) is 53.8 Å². The first-order chi connectivity index (χ1) is 15.4. The summed E-state index contributed by atoms with van der Waals surface area (Å²) < 4.78 is 18.8. The van der Waals surface area contributed by atoms with Gasteiger partial charge in [-0.25, -0.2) is 19.3 Å². The number of hydrogen-bond acceptors (Lipinski definition) is 7. The van der Waals surface area contributed by atoms with Crippen molar-refractivity contribution in [2.24, 2.45) is 10.9 Å². The number of anilines is 2. The molecule has 0 unspecified atom stereocenters. The number of nitrogens with two attached hydrogens (primary N) is 1. The predicted octanol–water partition coefficient (Wildman–Crippen LogP) is 4.43. The summed E-state index contributed by atoms with van der Waals surface area (Å²) in [6, 6.07) is 10.00. The molecule has 0 fully saturated rings. The lowest BCUT2D eigenvalue weighted by Crippen LogP contribution is -2.11. The zero-order valence-electron chi connectivity index (χ0n) is 18.3. The van der Waals surface area contributed by atoms with Crippen molar-refractivity contribution in [2.75, 3.05) is 24.7 Å². The zero-order valence-corrected chi connectivity index (χ0v) is 18.3. The average Bonchev–Trinajstić information content (AvgIpc) is 3.24. The molecular weight excluding hydrogens is 407 g/mol. The number of halogens is 1. The first kappa shape index (κ1) is 21.4. The quantitative estimate of drug-likeness (QED) is 0.573. The summed E-state index contributed by atoms with van der Waals surface area (Å²) in [6.07, 6.45) is 3.94. The number of rotatable bonds is 7. The summed E-state index contributed by atoms with van der Waals surface area (Å²) in [5.41, 5.74) is 10.7. The molecule has 0 aliphatic carbocycles. The van der Waals surface area contributed by atoms with Crippen LogP contribution in [0.25, 0.3) is 11.3 Å². The van der Waals surface area contributed by atoms with Crippen molar-refractivity contribution in [3.8, 4) is 5.75 Å². The van der Waals surface area contributed by atoms with Gasteiger partial charge in [0, 0.05) is 36.5 Å². The van der Waals surface area contributed by atoms with E-state index in [-0.39, 0.29) is 5.82 Å². The van der Waals surface area contributed by atoms with E-state index < -0.39 is 0 Å². The number of nitrogens with one attached hydrogen (secondary N) is 1. The van der Waals surface area contributed by atoms with Crippen LogP contribution in [-0.4, -0.2) is 34.3 Å². The Labute approximate surface area is 186 Å². The molecule has 0 radical (unpaired) electrons. The number of benzene rings is 1. The van der Waals surface area contributed by atoms with Gasteiger partial charge in [0.25, 0.3) is 0 Å². The van der Waals surface area contributed by atoms with E-state index in [1.54, 1.807) is 31.6 Å². The molecule has 0 atom stereocenters. The van der Waals surface area contributed by atoms with Crippen LogP contribution in [0.4, 0.5) is 16.2 Å². The van der Waals surface area contributed by atoms with Gasteiger partial charge in [-0.2, -0.15) is 0 Å². The molecule has 7 nitrogen and oxygen atoms in total. The van der Waals surface area contributed by atoms with E-state index in [0.717, 1.165) is 40.3 Å². The monoisotopic (exact) mass is 432 g/mol. The molecule has 0 amide bonds. The Morgan fingerprint density at radius 3 is 2.62 bits per heavy atom. The first-order valence-electron chi connectivity index (χ1n) is 10.4. The fourth-order valence-corrected chi connectivity index (χ4v) is 3.41. The van der Waals surface area contributed by atoms with Gasteiger partial charge in [0.2, 0.25) is 5.95 Å². The number of aliphatic imine (C=N–C) groups is 1. The normalized spacial score (nSPS) is 13.5. The highest BCUT2D eigenvalue weighted by atomic mass is 19.1. The number of methoxy groups -OCH3 is 1. The Morgan fingerprint density at radius 1 is 1.12 bits per heavy atom. The molecule has 1 aliphatic heterocycles. The Kier molecular flexibility index (Phi) is 6.11. The van der Waals surface area contributed by atoms with E-state index in [4.69, 9.17) is 20.4 Å². The second kappa shape index (κ2) is 9.13. The van der Waals surface area contributed by atoms with Crippen LogP contribution in [0.3, 0.4) is 0 Å². The van der Waals surface area contributed by atoms with Crippen LogP contribution in [0, 0.1) is 11.7 Å². The van der Waals surface area contributed by atoms with Crippen molar-refractivity contribution in [3.63, 3.8) is 0 Å². The zero-order chi connectivity index (χ0) is 22.7. The Bertz CT molecular complexity index is 1190. The smallest absolute Gasteiger partial charge is 0.223 e. The van der Waals surface area contributed by atoms with Gasteiger partial charge in [0.1, 0.15) is 5.82 Å². The minimum Gasteiger partial charge on any atom is -0.493 e. The minimum atomic E-state index is -0.287. The van der Waals surface area contributed by atoms with Crippen LogP contribution in [0.5, 0.6) is 5.75 Å². The first-order valence-corrected chi connectivity index (χ1v) is 10.4. The van der Waals surface area contributed by atoms with Gasteiger partial charge in [-0.3, -0.25) is 4.99 Å². The third-order valence-corrected chi connectivity index (χ3v) is 5.06. The lowest BCUT2D eigenvalue weighted by molar-refractivity contribution is 0.415. The van der Waals surface area contributed by atoms with Gasteiger partial charge < -0.3 is 15.8 Å². The number of pyridine rings is 1. The fourth-order valence-electron chi connectivity index (χ4n) is 3.41. The van der Waals surface area contributed by atoms with E-state index in [1.807, 2.05) is 12.1 Å². The fraction of sp³-hybridized carbons (Fsp3) is 0.250. The molecule has 3 heterocycles. The van der Waals surface area contributed by atoms with Gasteiger partial charge in [-0.15, -0.1) is 0 Å². The van der Waals surface area contributed by atoms with Crippen molar-refractivity contribution in [1.82, 2.24) is 15.0 Å². The molecule has 2 aromatic heterocycles. The number of allylic oxidation sites excluding steroid dienone is 1. The molecular formula is C24H25FN6O. The highest BCUT2D eigenvalue weighted by Crippen LogP contribution is 2.38. The molecule has 1 aromatic carbocycles. The SMILES string of the molecule is COc1cc(C2=C(c3ccnc(NCC(C)C)n3)CC(c3ccc(F)cc3)=N2)cnc1N. The Hall–Kier alpha value is -3.81. The van der Waals surface area contributed by atoms with E-state index in [9.17, 15) is 4.39 Å². The van der Waals surface area contributed by atoms with Gasteiger partial charge in [0.15, 0.2) is 11.6 Å². The molecule has 32 heavy (non-hydrogen) atoms. The largest absolute Gasteiger partial charge is 0.493 e. The van der Waals surface area contributed by atoms with E-state index >= 15 is 0 Å². The summed E-state index contributed by atoms with van der Waals surface area (Å²) in [5, 5.41) is 3.26. The molecule has 0 spiro atoms. The highest BCUT2D eigenvalue weighted by molar-refractivity contribution is 6.16. The second-order valence-electron chi connectivity index (χ2n) is 7.92. The average molecular weight is 433 g/mol. The summed E-state index contributed by atoms with van der Waals surface area (Å²) in [4.78, 5) is 18.2. The number of nitrogens with zero attached hydrogens (tertiary/aromatic N) is 4. The third-order valence-electron chi connectivity index (χ3n) is 5.06. The van der Waals surface area contributed by atoms with Gasteiger partial charge >= 0.3 is 0 Å². The summed E-state index contributed by atoms with van der Waals surface area (Å²) in [5.74, 6) is 1.52. The Morgan fingerprint density at radius 2 is 1.91 bits per heavy atom. The van der Waals surface area contributed by atoms with Gasteiger partial charge in [-0.1, -0.05) is 26.0 Å². The predicted molar refractivity (Wildman–Crippen MR) is 125 cm³/mol. The van der Waals surface area contributed by atoms with E-state index in [2.05, 4.69) is 29.1 Å². The Balaban J connectivity index is 1.78. The van der Waals surface area contributed by atoms with Crippen LogP contribution >= 0.6 is 0 Å². The number of aromatic nitrogens is 3. The maximum absolute atomic E-state index is 13.4. The van der Waals surface area contributed by atoms with Crippen LogP contribution in [-0.2, 0) is 0 Å². The van der Waals surface area contributed by atoms with E-state index in [0.29, 0.717) is 29.9 Å². The van der Waals surface area contributed by atoms with Crippen molar-refractivity contribution >= 4 is 28.7 Å². The summed E-state index contributed by atoms with van der Waals surface area (Å²) >= 11 is 0. The maximum Gasteiger partial charge on any atom is 0.223 e. The van der Waals surface area contributed by atoms with Crippen molar-refractivity contribution in [1.29, 1.82) is 0 Å². The van der Waals surface area contributed by atoms with Crippen LogP contribution < -0.4 is 15.8 Å². The molecule has 3 N–H and O–H groups in total. The number of nitrogen functional groups attached to an aromatic ring is 1. The lowest BCUT2D eigenvalue weighted by Gasteiger charge is -2.11. The van der Waals surface area contributed by atoms with Gasteiger partial charge in [0.05, 0.1) is 24.2 Å². The van der Waals surface area contributed by atoms with Crippen molar-refractivity contribution in [3.05, 3.63) is 71.4 Å². The highest BCUT2D eigenvalue weighted by Gasteiger charge is 2.24. The third kappa shape index (κ3) is 4.59. The molecule has 8 heteroatoms. The molecule has 0 saturated carbocycles. The molecule has 0 saturated heterocycles.